The van der Waals surface area contributed by atoms with Gasteiger partial charge < -0.3 is 9.47 Å². The van der Waals surface area contributed by atoms with Gasteiger partial charge in [0.15, 0.2) is 5.78 Å². The number of Topliss-reactive ketones (excluding diaryl/α,β-unsaturated/α-hetero) is 1. The van der Waals surface area contributed by atoms with E-state index in [4.69, 9.17) is 12.2 Å². The molecule has 126 valence electrons. The number of aryl methyl sites for hydroxylation is 1. The molecule has 24 heavy (non-hydrogen) atoms. The highest BCUT2D eigenvalue weighted by atomic mass is 32.2. The maximum absolute atomic E-state index is 12.6. The molecule has 1 aliphatic rings. The van der Waals surface area contributed by atoms with E-state index in [-0.39, 0.29) is 5.78 Å². The predicted octanol–water partition coefficient (Wildman–Crippen LogP) is 3.79. The molecular formula is C18H21N3OS2. The van der Waals surface area contributed by atoms with Crippen molar-refractivity contribution in [1.29, 1.82) is 0 Å². The van der Waals surface area contributed by atoms with Crippen LogP contribution in [0.5, 0.6) is 0 Å². The number of ketones is 1. The minimum Gasteiger partial charge on any atom is -0.358 e. The molecule has 1 fully saturated rings. The van der Waals surface area contributed by atoms with E-state index in [1.165, 1.54) is 24.6 Å². The zero-order valence-corrected chi connectivity index (χ0v) is 15.6. The number of hydrogen-bond acceptors (Lipinski definition) is 4. The molecular weight excluding hydrogens is 338 g/mol. The summed E-state index contributed by atoms with van der Waals surface area (Å²) >= 11 is 6.92. The number of pyridine rings is 1. The molecule has 2 aromatic heterocycles. The molecule has 0 N–H and O–H groups in total. The quantitative estimate of drug-likeness (QED) is 0.613. The first-order chi connectivity index (χ1) is 11.6. The Kier molecular flexibility index (Phi) is 5.36. The lowest BCUT2D eigenvalue weighted by atomic mass is 10.2. The first-order valence-corrected chi connectivity index (χ1v) is 9.52. The Morgan fingerprint density at radius 3 is 2.71 bits per heavy atom. The van der Waals surface area contributed by atoms with Crippen molar-refractivity contribution in [2.24, 2.45) is 0 Å². The molecule has 3 rings (SSSR count). The van der Waals surface area contributed by atoms with Gasteiger partial charge in [-0.3, -0.25) is 4.79 Å². The van der Waals surface area contributed by atoms with Crippen LogP contribution in [0.2, 0.25) is 0 Å². The second-order valence-corrected chi connectivity index (χ2v) is 7.59. The van der Waals surface area contributed by atoms with Gasteiger partial charge in [-0.25, -0.2) is 4.98 Å². The third-order valence-electron chi connectivity index (χ3n) is 4.30. The molecule has 0 unspecified atom stereocenters. The van der Waals surface area contributed by atoms with E-state index in [0.29, 0.717) is 5.75 Å². The Balaban J connectivity index is 1.73. The maximum Gasteiger partial charge on any atom is 0.174 e. The Labute approximate surface area is 152 Å². The minimum atomic E-state index is 0.122. The van der Waals surface area contributed by atoms with E-state index in [9.17, 15) is 4.79 Å². The largest absolute Gasteiger partial charge is 0.358 e. The number of nitrogens with zero attached hydrogens (tertiary/aromatic N) is 3. The molecule has 1 saturated heterocycles. The standard InChI is InChI=1S/C18H21N3OS2/c1-13-11-15(14(2)21(13)17-7-3-4-8-19-17)16(22)12-24-18(23)20-9-5-6-10-20/h3-4,7-8,11H,5-6,9-10,12H2,1-2H3. The molecule has 1 aliphatic heterocycles. The van der Waals surface area contributed by atoms with Crippen LogP contribution >= 0.6 is 24.0 Å². The highest BCUT2D eigenvalue weighted by Gasteiger charge is 2.20. The highest BCUT2D eigenvalue weighted by molar-refractivity contribution is 8.23. The molecule has 0 aliphatic carbocycles. The third-order valence-corrected chi connectivity index (χ3v) is 5.82. The molecule has 0 bridgehead atoms. The van der Waals surface area contributed by atoms with Crippen LogP contribution in [0.15, 0.2) is 30.5 Å². The van der Waals surface area contributed by atoms with Gasteiger partial charge in [0.1, 0.15) is 10.1 Å². The van der Waals surface area contributed by atoms with E-state index in [1.807, 2.05) is 42.7 Å². The zero-order valence-electron chi connectivity index (χ0n) is 14.0. The molecule has 0 amide bonds. The number of likely N-dealkylation sites (tertiary alicyclic amines) is 1. The Hall–Kier alpha value is -1.66. The lowest BCUT2D eigenvalue weighted by molar-refractivity contribution is 0.102. The number of carbonyl (C=O) groups is 1. The predicted molar refractivity (Wildman–Crippen MR) is 103 cm³/mol. The Bertz CT molecular complexity index is 749. The second-order valence-electron chi connectivity index (χ2n) is 5.98. The normalized spacial score (nSPS) is 14.2. The molecule has 0 radical (unpaired) electrons. The molecule has 2 aromatic rings. The van der Waals surface area contributed by atoms with Crippen molar-refractivity contribution in [3.63, 3.8) is 0 Å². The van der Waals surface area contributed by atoms with E-state index < -0.39 is 0 Å². The second kappa shape index (κ2) is 7.49. The van der Waals surface area contributed by atoms with Gasteiger partial charge in [-0.2, -0.15) is 0 Å². The number of thioether (sulfide) groups is 1. The Morgan fingerprint density at radius 1 is 1.29 bits per heavy atom. The van der Waals surface area contributed by atoms with Gasteiger partial charge in [0, 0.05) is 36.2 Å². The summed E-state index contributed by atoms with van der Waals surface area (Å²) in [6, 6.07) is 7.74. The molecule has 4 nitrogen and oxygen atoms in total. The van der Waals surface area contributed by atoms with Crippen molar-refractivity contribution in [3.05, 3.63) is 47.4 Å². The van der Waals surface area contributed by atoms with Crippen LogP contribution in [0.1, 0.15) is 34.6 Å². The van der Waals surface area contributed by atoms with Crippen LogP contribution in [0.3, 0.4) is 0 Å². The monoisotopic (exact) mass is 359 g/mol. The van der Waals surface area contributed by atoms with Gasteiger partial charge in [-0.05, 0) is 44.9 Å². The summed E-state index contributed by atoms with van der Waals surface area (Å²) in [5, 5.41) is 0. The smallest absolute Gasteiger partial charge is 0.174 e. The fraction of sp³-hybridized carbons (Fsp3) is 0.389. The van der Waals surface area contributed by atoms with Crippen LogP contribution in [0.25, 0.3) is 5.82 Å². The first-order valence-electron chi connectivity index (χ1n) is 8.13. The van der Waals surface area contributed by atoms with Crippen molar-refractivity contribution in [2.75, 3.05) is 18.8 Å². The zero-order chi connectivity index (χ0) is 17.1. The topological polar surface area (TPSA) is 38.1 Å². The van der Waals surface area contributed by atoms with E-state index in [0.717, 1.165) is 40.2 Å². The van der Waals surface area contributed by atoms with Crippen molar-refractivity contribution in [3.8, 4) is 5.82 Å². The van der Waals surface area contributed by atoms with Crippen LogP contribution < -0.4 is 0 Å². The van der Waals surface area contributed by atoms with Gasteiger partial charge in [0.25, 0.3) is 0 Å². The first kappa shape index (κ1) is 17.2. The number of carbonyl (C=O) groups excluding carboxylic acids is 1. The van der Waals surface area contributed by atoms with Gasteiger partial charge >= 0.3 is 0 Å². The third kappa shape index (κ3) is 3.54. The summed E-state index contributed by atoms with van der Waals surface area (Å²) in [5.41, 5.74) is 2.71. The molecule has 3 heterocycles. The van der Waals surface area contributed by atoms with Crippen LogP contribution in [-0.4, -0.2) is 43.4 Å². The van der Waals surface area contributed by atoms with E-state index in [2.05, 4.69) is 9.88 Å². The van der Waals surface area contributed by atoms with Crippen LogP contribution in [-0.2, 0) is 0 Å². The minimum absolute atomic E-state index is 0.122. The average molecular weight is 360 g/mol. The summed E-state index contributed by atoms with van der Waals surface area (Å²) in [5.74, 6) is 1.35. The summed E-state index contributed by atoms with van der Waals surface area (Å²) in [4.78, 5) is 19.2. The van der Waals surface area contributed by atoms with E-state index >= 15 is 0 Å². The number of aromatic nitrogens is 2. The van der Waals surface area contributed by atoms with Crippen LogP contribution in [0.4, 0.5) is 0 Å². The highest BCUT2D eigenvalue weighted by Crippen LogP contribution is 2.22. The summed E-state index contributed by atoms with van der Waals surface area (Å²) in [7, 11) is 0. The fourth-order valence-corrected chi connectivity index (χ4v) is 4.21. The lowest BCUT2D eigenvalue weighted by Crippen LogP contribution is -2.24. The molecule has 0 saturated carbocycles. The van der Waals surface area contributed by atoms with Crippen molar-refractivity contribution in [2.45, 2.75) is 26.7 Å². The van der Waals surface area contributed by atoms with Crippen molar-refractivity contribution >= 4 is 34.1 Å². The van der Waals surface area contributed by atoms with Crippen molar-refractivity contribution in [1.82, 2.24) is 14.5 Å². The van der Waals surface area contributed by atoms with Gasteiger partial charge in [-0.15, -0.1) is 0 Å². The van der Waals surface area contributed by atoms with Gasteiger partial charge in [0.2, 0.25) is 0 Å². The molecule has 0 spiro atoms. The van der Waals surface area contributed by atoms with Crippen molar-refractivity contribution < 1.29 is 4.79 Å². The maximum atomic E-state index is 12.6. The summed E-state index contributed by atoms with van der Waals surface area (Å²) in [6.45, 7) is 6.02. The van der Waals surface area contributed by atoms with Crippen LogP contribution in [0, 0.1) is 13.8 Å². The average Bonchev–Trinajstić information content (AvgIpc) is 3.21. The summed E-state index contributed by atoms with van der Waals surface area (Å²) in [6.07, 6.45) is 4.15. The molecule has 6 heteroatoms. The lowest BCUT2D eigenvalue weighted by Gasteiger charge is -2.17. The molecule has 0 atom stereocenters. The van der Waals surface area contributed by atoms with Gasteiger partial charge in [-0.1, -0.05) is 30.0 Å². The van der Waals surface area contributed by atoms with E-state index in [1.54, 1.807) is 6.20 Å². The Morgan fingerprint density at radius 2 is 2.04 bits per heavy atom. The molecule has 0 aromatic carbocycles. The fourth-order valence-electron chi connectivity index (χ4n) is 3.08. The summed E-state index contributed by atoms with van der Waals surface area (Å²) < 4.78 is 2.87. The number of hydrogen-bond donors (Lipinski definition) is 0. The SMILES string of the molecule is Cc1cc(C(=O)CSC(=S)N2CCCC2)c(C)n1-c1ccccn1. The number of rotatable bonds is 4. The van der Waals surface area contributed by atoms with Gasteiger partial charge in [0.05, 0.1) is 5.75 Å². The number of thiocarbonyl (C=S) groups is 1.